The van der Waals surface area contributed by atoms with Crippen LogP contribution in [0.5, 0.6) is 17.2 Å². The molecule has 0 bridgehead atoms. The Labute approximate surface area is 138 Å². The number of ether oxygens (including phenoxy) is 1. The minimum Gasteiger partial charge on any atom is -0.504 e. The molecule has 0 aromatic heterocycles. The van der Waals surface area contributed by atoms with Crippen molar-refractivity contribution in [3.05, 3.63) is 29.8 Å². The predicted octanol–water partition coefficient (Wildman–Crippen LogP) is 3.50. The van der Waals surface area contributed by atoms with Crippen molar-refractivity contribution in [1.82, 2.24) is 5.32 Å². The standard InChI is InChI=1S/C18H27NO4/c1-13(2)8-6-4-5-7-9-16(21)19-12-14-10-11-15(20)18(23-3)17(14)22/h6,8,10-11,13,20,22H,4-5,7,9,12H2,1-3H3,(H,19,21). The lowest BCUT2D eigenvalue weighted by Gasteiger charge is -2.11. The molecule has 0 unspecified atom stereocenters. The van der Waals surface area contributed by atoms with Gasteiger partial charge in [-0.1, -0.05) is 26.0 Å². The van der Waals surface area contributed by atoms with Gasteiger partial charge in [0, 0.05) is 18.5 Å². The largest absolute Gasteiger partial charge is 0.504 e. The number of rotatable bonds is 9. The molecule has 0 radical (unpaired) electrons. The fourth-order valence-electron chi connectivity index (χ4n) is 2.14. The molecule has 0 aliphatic rings. The van der Waals surface area contributed by atoms with Gasteiger partial charge in [0.15, 0.2) is 11.5 Å². The highest BCUT2D eigenvalue weighted by molar-refractivity contribution is 5.76. The Balaban J connectivity index is 2.34. The monoisotopic (exact) mass is 321 g/mol. The van der Waals surface area contributed by atoms with E-state index in [1.807, 2.05) is 0 Å². The number of methoxy groups -OCH3 is 1. The highest BCUT2D eigenvalue weighted by Crippen LogP contribution is 2.37. The van der Waals surface area contributed by atoms with Crippen molar-refractivity contribution in [2.45, 2.75) is 46.1 Å². The van der Waals surface area contributed by atoms with Crippen molar-refractivity contribution >= 4 is 5.91 Å². The van der Waals surface area contributed by atoms with Crippen molar-refractivity contribution in [2.75, 3.05) is 7.11 Å². The summed E-state index contributed by atoms with van der Waals surface area (Å²) < 4.78 is 4.92. The van der Waals surface area contributed by atoms with Crippen LogP contribution in [0.25, 0.3) is 0 Å². The van der Waals surface area contributed by atoms with Crippen LogP contribution in [0.2, 0.25) is 0 Å². The normalized spacial score (nSPS) is 11.1. The third kappa shape index (κ3) is 6.63. The Morgan fingerprint density at radius 3 is 2.70 bits per heavy atom. The molecule has 1 aromatic carbocycles. The lowest BCUT2D eigenvalue weighted by atomic mass is 10.1. The van der Waals surface area contributed by atoms with Crippen LogP contribution < -0.4 is 10.1 Å². The molecule has 5 nitrogen and oxygen atoms in total. The van der Waals surface area contributed by atoms with Gasteiger partial charge in [-0.2, -0.15) is 0 Å². The molecule has 0 saturated carbocycles. The maximum atomic E-state index is 11.8. The van der Waals surface area contributed by atoms with E-state index in [1.165, 1.54) is 13.2 Å². The second-order valence-electron chi connectivity index (χ2n) is 5.82. The van der Waals surface area contributed by atoms with Crippen molar-refractivity contribution < 1.29 is 19.7 Å². The average Bonchev–Trinajstić information content (AvgIpc) is 2.50. The first kappa shape index (κ1) is 18.9. The van der Waals surface area contributed by atoms with Crippen LogP contribution in [-0.4, -0.2) is 23.2 Å². The molecular weight excluding hydrogens is 294 g/mol. The Morgan fingerprint density at radius 2 is 2.04 bits per heavy atom. The summed E-state index contributed by atoms with van der Waals surface area (Å²) in [6.45, 7) is 4.48. The fraction of sp³-hybridized carbons (Fsp3) is 0.500. The van der Waals surface area contributed by atoms with E-state index in [4.69, 9.17) is 4.74 Å². The zero-order valence-corrected chi connectivity index (χ0v) is 14.1. The molecule has 1 rings (SSSR count). The number of benzene rings is 1. The van der Waals surface area contributed by atoms with Crippen LogP contribution >= 0.6 is 0 Å². The third-order valence-corrected chi connectivity index (χ3v) is 3.42. The first-order valence-electron chi connectivity index (χ1n) is 7.96. The van der Waals surface area contributed by atoms with Crippen LogP contribution in [0, 0.1) is 5.92 Å². The van der Waals surface area contributed by atoms with Gasteiger partial charge < -0.3 is 20.3 Å². The lowest BCUT2D eigenvalue weighted by Crippen LogP contribution is -2.22. The quantitative estimate of drug-likeness (QED) is 0.480. The number of nitrogens with one attached hydrogen (secondary N) is 1. The Bertz CT molecular complexity index is 538. The van der Waals surface area contributed by atoms with Gasteiger partial charge in [0.05, 0.1) is 7.11 Å². The number of phenols is 2. The van der Waals surface area contributed by atoms with E-state index in [1.54, 1.807) is 6.07 Å². The zero-order chi connectivity index (χ0) is 17.2. The summed E-state index contributed by atoms with van der Waals surface area (Å²) in [6, 6.07) is 2.99. The van der Waals surface area contributed by atoms with E-state index in [9.17, 15) is 15.0 Å². The summed E-state index contributed by atoms with van der Waals surface area (Å²) >= 11 is 0. The molecule has 128 valence electrons. The van der Waals surface area contributed by atoms with Gasteiger partial charge in [0.25, 0.3) is 0 Å². The summed E-state index contributed by atoms with van der Waals surface area (Å²) in [4.78, 5) is 11.8. The van der Waals surface area contributed by atoms with Gasteiger partial charge in [-0.05, 0) is 37.3 Å². The molecule has 0 heterocycles. The number of allylic oxidation sites excluding steroid dienone is 2. The SMILES string of the molecule is COc1c(O)ccc(CNC(=O)CCCCC=CC(C)C)c1O. The number of carbonyl (C=O) groups is 1. The second-order valence-corrected chi connectivity index (χ2v) is 5.82. The molecule has 0 spiro atoms. The number of phenolic OH excluding ortho intramolecular Hbond substituents is 2. The summed E-state index contributed by atoms with van der Waals surface area (Å²) in [6.07, 6.45) is 7.59. The molecule has 0 saturated heterocycles. The van der Waals surface area contributed by atoms with Crippen molar-refractivity contribution in [3.63, 3.8) is 0 Å². The van der Waals surface area contributed by atoms with Crippen LogP contribution in [0.15, 0.2) is 24.3 Å². The number of hydrogen-bond acceptors (Lipinski definition) is 4. The van der Waals surface area contributed by atoms with E-state index in [-0.39, 0.29) is 29.7 Å². The number of amides is 1. The first-order valence-corrected chi connectivity index (χ1v) is 7.96. The summed E-state index contributed by atoms with van der Waals surface area (Å²) in [7, 11) is 1.37. The van der Waals surface area contributed by atoms with E-state index >= 15 is 0 Å². The van der Waals surface area contributed by atoms with Crippen LogP contribution in [0.4, 0.5) is 0 Å². The third-order valence-electron chi connectivity index (χ3n) is 3.42. The van der Waals surface area contributed by atoms with Gasteiger partial charge >= 0.3 is 0 Å². The van der Waals surface area contributed by atoms with Crippen LogP contribution in [0.1, 0.15) is 45.1 Å². The molecule has 3 N–H and O–H groups in total. The number of aromatic hydroxyl groups is 2. The van der Waals surface area contributed by atoms with E-state index in [2.05, 4.69) is 31.3 Å². The van der Waals surface area contributed by atoms with Gasteiger partial charge in [-0.15, -0.1) is 0 Å². The Morgan fingerprint density at radius 1 is 1.30 bits per heavy atom. The maximum Gasteiger partial charge on any atom is 0.220 e. The number of carbonyl (C=O) groups excluding carboxylic acids is 1. The Hall–Kier alpha value is -2.17. The summed E-state index contributed by atoms with van der Waals surface area (Å²) in [5.74, 6) is 0.257. The average molecular weight is 321 g/mol. The number of unbranched alkanes of at least 4 members (excludes halogenated alkanes) is 2. The molecular formula is C18H27NO4. The zero-order valence-electron chi connectivity index (χ0n) is 14.1. The van der Waals surface area contributed by atoms with Gasteiger partial charge in [-0.25, -0.2) is 0 Å². The minimum absolute atomic E-state index is 0.0219. The van der Waals surface area contributed by atoms with Gasteiger partial charge in [0.1, 0.15) is 0 Å². The van der Waals surface area contributed by atoms with E-state index in [0.29, 0.717) is 17.9 Å². The highest BCUT2D eigenvalue weighted by atomic mass is 16.5. The smallest absolute Gasteiger partial charge is 0.220 e. The molecule has 1 amide bonds. The van der Waals surface area contributed by atoms with Crippen LogP contribution in [0.3, 0.4) is 0 Å². The predicted molar refractivity (Wildman–Crippen MR) is 90.6 cm³/mol. The summed E-state index contributed by atoms with van der Waals surface area (Å²) in [5, 5.41) is 22.3. The van der Waals surface area contributed by atoms with Crippen molar-refractivity contribution in [1.29, 1.82) is 0 Å². The van der Waals surface area contributed by atoms with Crippen LogP contribution in [-0.2, 0) is 11.3 Å². The van der Waals surface area contributed by atoms with Gasteiger partial charge in [-0.3, -0.25) is 4.79 Å². The second kappa shape index (κ2) is 9.77. The fourth-order valence-corrected chi connectivity index (χ4v) is 2.14. The molecule has 0 aliphatic heterocycles. The molecule has 23 heavy (non-hydrogen) atoms. The number of hydrogen-bond donors (Lipinski definition) is 3. The maximum absolute atomic E-state index is 11.8. The molecule has 1 aromatic rings. The molecule has 0 aliphatic carbocycles. The van der Waals surface area contributed by atoms with Gasteiger partial charge in [0.2, 0.25) is 11.7 Å². The topological polar surface area (TPSA) is 78.8 Å². The Kier molecular flexibility index (Phi) is 8.02. The van der Waals surface area contributed by atoms with Crippen molar-refractivity contribution in [2.24, 2.45) is 5.92 Å². The first-order chi connectivity index (χ1) is 11.0. The highest BCUT2D eigenvalue weighted by Gasteiger charge is 2.13. The summed E-state index contributed by atoms with van der Waals surface area (Å²) in [5.41, 5.74) is 0.507. The van der Waals surface area contributed by atoms with E-state index in [0.717, 1.165) is 19.3 Å². The van der Waals surface area contributed by atoms with Crippen molar-refractivity contribution in [3.8, 4) is 17.2 Å². The lowest BCUT2D eigenvalue weighted by molar-refractivity contribution is -0.121. The molecule has 0 atom stereocenters. The van der Waals surface area contributed by atoms with E-state index < -0.39 is 0 Å². The molecule has 0 fully saturated rings. The minimum atomic E-state index is -0.147. The molecule has 5 heteroatoms.